The Morgan fingerprint density at radius 3 is 1.05 bits per heavy atom. The first-order valence-electron chi connectivity index (χ1n) is 17.7. The molecule has 43 heavy (non-hydrogen) atoms. The molecule has 7 nitrogen and oxygen atoms in total. The highest BCUT2D eigenvalue weighted by Gasteiger charge is 2.31. The summed E-state index contributed by atoms with van der Waals surface area (Å²) in [6, 6.07) is 0. The minimum atomic E-state index is -0.822. The second-order valence-corrected chi connectivity index (χ2v) is 13.3. The molecule has 0 aromatic heterocycles. The summed E-state index contributed by atoms with van der Waals surface area (Å²) in [4.78, 5) is 34.5. The average molecular weight is 611 g/mol. The molecule has 0 aromatic rings. The van der Waals surface area contributed by atoms with Gasteiger partial charge in [-0.05, 0) is 32.6 Å². The molecule has 0 heterocycles. The molecule has 3 unspecified atom stereocenters. The second-order valence-electron chi connectivity index (χ2n) is 13.3. The maximum Gasteiger partial charge on any atom is 0.306 e. The van der Waals surface area contributed by atoms with Gasteiger partial charge in [-0.3, -0.25) is 14.4 Å². The Labute approximate surface area is 264 Å². The Hall–Kier alpha value is -1.89. The van der Waals surface area contributed by atoms with E-state index >= 15 is 0 Å². The van der Waals surface area contributed by atoms with Crippen LogP contribution >= 0.6 is 0 Å². The number of hydrogen-bond acceptors (Lipinski definition) is 3. The molecule has 0 aliphatic heterocycles. The zero-order valence-electron chi connectivity index (χ0n) is 28.4. The molecule has 0 amide bonds. The minimum absolute atomic E-state index is 0.477. The van der Waals surface area contributed by atoms with Crippen LogP contribution < -0.4 is 0 Å². The van der Waals surface area contributed by atoms with Gasteiger partial charge in [-0.15, -0.1) is 0 Å². The molecule has 0 fully saturated rings. The standard InChI is InChI=1S/C36H67NO6/c1-5-6-7-8-9-10-11-12-13-14-15-16-17-18-19-20-21-22-23-27-37(28-24-31(2)34(38)39,29-25-32(3)35(40)41)30-26-33(4)36(42)43/h5-6,31-33H,7-30H2,1-4H3,(H2-,38,39,40,41,42,43)/p+1/b6-5+. The van der Waals surface area contributed by atoms with Crippen molar-refractivity contribution < 1.29 is 34.2 Å². The van der Waals surface area contributed by atoms with Crippen LogP contribution in [0.4, 0.5) is 0 Å². The van der Waals surface area contributed by atoms with Crippen LogP contribution in [0.5, 0.6) is 0 Å². The fraction of sp³-hybridized carbons (Fsp3) is 0.861. The highest BCUT2D eigenvalue weighted by atomic mass is 16.4. The van der Waals surface area contributed by atoms with Gasteiger partial charge in [-0.2, -0.15) is 0 Å². The predicted octanol–water partition coefficient (Wildman–Crippen LogP) is 9.34. The summed E-state index contributed by atoms with van der Waals surface area (Å²) in [6.45, 7) is 10.0. The number of aliphatic carboxylic acids is 3. The predicted molar refractivity (Wildman–Crippen MR) is 177 cm³/mol. The topological polar surface area (TPSA) is 112 Å². The number of nitrogens with zero attached hydrogens (tertiary/aromatic N) is 1. The van der Waals surface area contributed by atoms with Crippen LogP contribution in [0.15, 0.2) is 12.2 Å². The van der Waals surface area contributed by atoms with E-state index < -0.39 is 35.7 Å². The summed E-state index contributed by atoms with van der Waals surface area (Å²) >= 11 is 0. The molecule has 3 atom stereocenters. The molecule has 0 aliphatic carbocycles. The molecule has 0 aliphatic rings. The maximum absolute atomic E-state index is 11.5. The van der Waals surface area contributed by atoms with E-state index in [1.54, 1.807) is 20.8 Å². The Morgan fingerprint density at radius 2 is 0.767 bits per heavy atom. The molecule has 0 rings (SSSR count). The Morgan fingerprint density at radius 1 is 0.488 bits per heavy atom. The van der Waals surface area contributed by atoms with Crippen LogP contribution in [-0.4, -0.2) is 63.9 Å². The van der Waals surface area contributed by atoms with E-state index in [4.69, 9.17) is 0 Å². The van der Waals surface area contributed by atoms with Gasteiger partial charge in [-0.1, -0.05) is 116 Å². The third kappa shape index (κ3) is 23.2. The van der Waals surface area contributed by atoms with E-state index in [0.717, 1.165) is 19.4 Å². The Kier molecular flexibility index (Phi) is 25.3. The fourth-order valence-electron chi connectivity index (χ4n) is 5.79. The number of allylic oxidation sites excluding steroid dienone is 2. The minimum Gasteiger partial charge on any atom is -0.481 e. The smallest absolute Gasteiger partial charge is 0.306 e. The van der Waals surface area contributed by atoms with Crippen molar-refractivity contribution >= 4 is 17.9 Å². The first-order chi connectivity index (χ1) is 20.5. The lowest BCUT2D eigenvalue weighted by Gasteiger charge is -2.40. The molecule has 252 valence electrons. The zero-order valence-corrected chi connectivity index (χ0v) is 28.4. The number of hydrogen-bond donors (Lipinski definition) is 3. The van der Waals surface area contributed by atoms with Crippen LogP contribution in [-0.2, 0) is 14.4 Å². The van der Waals surface area contributed by atoms with Crippen molar-refractivity contribution in [3.63, 3.8) is 0 Å². The van der Waals surface area contributed by atoms with E-state index in [1.165, 1.54) is 96.3 Å². The molecule has 0 saturated heterocycles. The molecular weight excluding hydrogens is 542 g/mol. The first kappa shape index (κ1) is 41.1. The molecule has 0 aromatic carbocycles. The quantitative estimate of drug-likeness (QED) is 0.0410. The molecule has 0 saturated carbocycles. The van der Waals surface area contributed by atoms with Crippen molar-refractivity contribution in [2.45, 2.75) is 156 Å². The van der Waals surface area contributed by atoms with E-state index in [0.29, 0.717) is 43.4 Å². The molecule has 0 radical (unpaired) electrons. The third-order valence-corrected chi connectivity index (χ3v) is 9.36. The van der Waals surface area contributed by atoms with Crippen molar-refractivity contribution in [2.75, 3.05) is 26.2 Å². The Balaban J connectivity index is 4.41. The first-order valence-corrected chi connectivity index (χ1v) is 17.7. The number of carboxylic acids is 3. The number of carbonyl (C=O) groups is 3. The summed E-state index contributed by atoms with van der Waals surface area (Å²) in [6.07, 6.45) is 27.9. The van der Waals surface area contributed by atoms with Gasteiger partial charge in [0.1, 0.15) is 0 Å². The van der Waals surface area contributed by atoms with Gasteiger partial charge in [0, 0.05) is 19.3 Å². The van der Waals surface area contributed by atoms with Crippen LogP contribution in [0.1, 0.15) is 156 Å². The molecule has 0 spiro atoms. The van der Waals surface area contributed by atoms with Crippen LogP contribution in [0.25, 0.3) is 0 Å². The second kappa shape index (κ2) is 26.5. The van der Waals surface area contributed by atoms with Crippen LogP contribution in [0, 0.1) is 17.8 Å². The lowest BCUT2D eigenvalue weighted by atomic mass is 10.0. The highest BCUT2D eigenvalue weighted by Crippen LogP contribution is 2.22. The van der Waals surface area contributed by atoms with Crippen molar-refractivity contribution in [3.8, 4) is 0 Å². The van der Waals surface area contributed by atoms with Gasteiger partial charge in [-0.25, -0.2) is 0 Å². The largest absolute Gasteiger partial charge is 0.481 e. The molecule has 3 N–H and O–H groups in total. The van der Waals surface area contributed by atoms with Crippen molar-refractivity contribution in [1.82, 2.24) is 0 Å². The van der Waals surface area contributed by atoms with E-state index in [1.807, 2.05) is 0 Å². The van der Waals surface area contributed by atoms with Gasteiger partial charge >= 0.3 is 17.9 Å². The summed E-state index contributed by atoms with van der Waals surface area (Å²) in [5.41, 5.74) is 0. The lowest BCUT2D eigenvalue weighted by Crippen LogP contribution is -2.52. The average Bonchev–Trinajstić information content (AvgIpc) is 2.97. The monoisotopic (exact) mass is 611 g/mol. The zero-order chi connectivity index (χ0) is 32.3. The van der Waals surface area contributed by atoms with Gasteiger partial charge in [0.05, 0.1) is 43.9 Å². The summed E-state index contributed by atoms with van der Waals surface area (Å²) in [5.74, 6) is -3.90. The van der Waals surface area contributed by atoms with Crippen molar-refractivity contribution in [1.29, 1.82) is 0 Å². The molecule has 0 bridgehead atoms. The van der Waals surface area contributed by atoms with Crippen molar-refractivity contribution in [2.24, 2.45) is 17.8 Å². The third-order valence-electron chi connectivity index (χ3n) is 9.36. The normalized spacial score (nSPS) is 15.3. The SMILES string of the molecule is C/C=C/CCCCCCCCCCCCCCCCCC[N+](CCC(C)C(=O)O)(CCC(C)C(=O)O)CCC(C)C(=O)O. The maximum atomic E-state index is 11.5. The van der Waals surface area contributed by atoms with Gasteiger partial charge < -0.3 is 19.8 Å². The van der Waals surface area contributed by atoms with Crippen LogP contribution in [0.2, 0.25) is 0 Å². The molecule has 7 heteroatoms. The fourth-order valence-corrected chi connectivity index (χ4v) is 5.79. The van der Waals surface area contributed by atoms with Gasteiger partial charge in [0.15, 0.2) is 0 Å². The number of unbranched alkanes of at least 4 members (excludes halogenated alkanes) is 16. The van der Waals surface area contributed by atoms with Gasteiger partial charge in [0.2, 0.25) is 0 Å². The van der Waals surface area contributed by atoms with Gasteiger partial charge in [0.25, 0.3) is 0 Å². The Bertz CT molecular complexity index is 692. The summed E-state index contributed by atoms with van der Waals surface area (Å²) < 4.78 is 0.614. The van der Waals surface area contributed by atoms with E-state index in [9.17, 15) is 29.7 Å². The lowest BCUT2D eigenvalue weighted by molar-refractivity contribution is -0.929. The van der Waals surface area contributed by atoms with E-state index in [-0.39, 0.29) is 0 Å². The summed E-state index contributed by atoms with van der Waals surface area (Å²) in [7, 11) is 0. The summed E-state index contributed by atoms with van der Waals surface area (Å²) in [5, 5.41) is 28.3. The number of quaternary nitrogens is 1. The van der Waals surface area contributed by atoms with E-state index in [2.05, 4.69) is 19.1 Å². The number of rotatable bonds is 31. The van der Waals surface area contributed by atoms with Crippen LogP contribution in [0.3, 0.4) is 0 Å². The molecular formula is C36H68NO6+. The number of carboxylic acid groups (broad SMARTS) is 3. The highest BCUT2D eigenvalue weighted by molar-refractivity contribution is 5.70. The van der Waals surface area contributed by atoms with Crippen molar-refractivity contribution in [3.05, 3.63) is 12.2 Å².